The summed E-state index contributed by atoms with van der Waals surface area (Å²) in [6.45, 7) is 3.16. The van der Waals surface area contributed by atoms with Crippen molar-refractivity contribution in [2.24, 2.45) is 0 Å². The Kier molecular flexibility index (Phi) is 6.91. The quantitative estimate of drug-likeness (QED) is 0.707. The number of ether oxygens (including phenoxy) is 2. The number of Topliss-reactive ketones (excluding diaryl/α,β-unsaturated/α-hetero) is 1. The Morgan fingerprint density at radius 1 is 1.20 bits per heavy atom. The Morgan fingerprint density at radius 2 is 1.93 bits per heavy atom. The lowest BCUT2D eigenvalue weighted by molar-refractivity contribution is -0.122. The van der Waals surface area contributed by atoms with E-state index in [1.165, 1.54) is 4.90 Å². The summed E-state index contributed by atoms with van der Waals surface area (Å²) in [5, 5.41) is 2.94. The second kappa shape index (κ2) is 9.60. The molecule has 0 saturated carbocycles. The molecule has 1 aromatic rings. The number of piperidine rings is 1. The summed E-state index contributed by atoms with van der Waals surface area (Å²) in [4.78, 5) is 51.3. The number of hydrogen-bond acceptors (Lipinski definition) is 6. The van der Waals surface area contributed by atoms with Gasteiger partial charge in [0.2, 0.25) is 5.91 Å². The third-order valence-corrected chi connectivity index (χ3v) is 5.33. The number of anilines is 1. The highest BCUT2D eigenvalue weighted by molar-refractivity contribution is 6.02. The van der Waals surface area contributed by atoms with Crippen LogP contribution in [0.1, 0.15) is 43.0 Å². The SMILES string of the molecule is CCOC(=O)N1CCC(NC(=O)CCC(=O)c2ccc3c(c2)N(C)C(=O)CO3)CC1. The summed E-state index contributed by atoms with van der Waals surface area (Å²) >= 11 is 0. The van der Waals surface area contributed by atoms with Crippen molar-refractivity contribution in [1.29, 1.82) is 0 Å². The van der Waals surface area contributed by atoms with Gasteiger partial charge in [0.25, 0.3) is 5.91 Å². The van der Waals surface area contributed by atoms with Crippen molar-refractivity contribution >= 4 is 29.4 Å². The summed E-state index contributed by atoms with van der Waals surface area (Å²) < 4.78 is 10.3. The molecule has 1 aromatic carbocycles. The first-order valence-electron chi connectivity index (χ1n) is 10.2. The minimum atomic E-state index is -0.323. The molecule has 0 unspecified atom stereocenters. The fourth-order valence-corrected chi connectivity index (χ4v) is 3.54. The third-order valence-electron chi connectivity index (χ3n) is 5.33. The van der Waals surface area contributed by atoms with Gasteiger partial charge in [0.1, 0.15) is 5.75 Å². The first-order chi connectivity index (χ1) is 14.4. The van der Waals surface area contributed by atoms with Gasteiger partial charge in [0.15, 0.2) is 12.4 Å². The molecule has 3 amide bonds. The molecule has 2 aliphatic heterocycles. The van der Waals surface area contributed by atoms with Gasteiger partial charge >= 0.3 is 6.09 Å². The first kappa shape index (κ1) is 21.6. The summed E-state index contributed by atoms with van der Waals surface area (Å²) in [5.41, 5.74) is 0.990. The normalized spacial score (nSPS) is 16.5. The van der Waals surface area contributed by atoms with Crippen molar-refractivity contribution in [2.75, 3.05) is 38.3 Å². The summed E-state index contributed by atoms with van der Waals surface area (Å²) in [5.74, 6) is 0.0176. The molecule has 3 rings (SSSR count). The predicted molar refractivity (Wildman–Crippen MR) is 109 cm³/mol. The van der Waals surface area contributed by atoms with Crippen LogP contribution in [0.5, 0.6) is 5.75 Å². The fourth-order valence-electron chi connectivity index (χ4n) is 3.54. The molecule has 2 heterocycles. The Morgan fingerprint density at radius 3 is 2.63 bits per heavy atom. The number of hydrogen-bond donors (Lipinski definition) is 1. The molecule has 1 N–H and O–H groups in total. The second-order valence-electron chi connectivity index (χ2n) is 7.37. The molecule has 0 spiro atoms. The molecule has 0 bridgehead atoms. The number of ketones is 1. The van der Waals surface area contributed by atoms with Crippen molar-refractivity contribution in [2.45, 2.75) is 38.6 Å². The van der Waals surface area contributed by atoms with E-state index in [0.29, 0.717) is 49.5 Å². The van der Waals surface area contributed by atoms with E-state index >= 15 is 0 Å². The Balaban J connectivity index is 1.46. The number of likely N-dealkylation sites (tertiary alicyclic amines) is 1. The van der Waals surface area contributed by atoms with Crippen molar-refractivity contribution in [1.82, 2.24) is 10.2 Å². The van der Waals surface area contributed by atoms with Crippen LogP contribution in [0, 0.1) is 0 Å². The largest absolute Gasteiger partial charge is 0.482 e. The molecule has 2 aliphatic rings. The van der Waals surface area contributed by atoms with E-state index in [-0.39, 0.29) is 49.2 Å². The van der Waals surface area contributed by atoms with Crippen LogP contribution in [0.2, 0.25) is 0 Å². The van der Waals surface area contributed by atoms with Gasteiger partial charge in [0, 0.05) is 44.6 Å². The van der Waals surface area contributed by atoms with Gasteiger partial charge in [-0.1, -0.05) is 0 Å². The first-order valence-corrected chi connectivity index (χ1v) is 10.2. The van der Waals surface area contributed by atoms with Gasteiger partial charge in [-0.25, -0.2) is 4.79 Å². The second-order valence-corrected chi connectivity index (χ2v) is 7.37. The van der Waals surface area contributed by atoms with Crippen LogP contribution in [0.25, 0.3) is 0 Å². The molecule has 30 heavy (non-hydrogen) atoms. The van der Waals surface area contributed by atoms with Crippen molar-refractivity contribution in [3.63, 3.8) is 0 Å². The molecule has 9 heteroatoms. The van der Waals surface area contributed by atoms with Crippen LogP contribution in [0.15, 0.2) is 18.2 Å². The van der Waals surface area contributed by atoms with E-state index in [0.717, 1.165) is 0 Å². The fraction of sp³-hybridized carbons (Fsp3) is 0.524. The number of rotatable bonds is 6. The smallest absolute Gasteiger partial charge is 0.409 e. The number of amides is 3. The highest BCUT2D eigenvalue weighted by atomic mass is 16.6. The summed E-state index contributed by atoms with van der Waals surface area (Å²) in [7, 11) is 1.64. The summed E-state index contributed by atoms with van der Waals surface area (Å²) in [6.07, 6.45) is 1.15. The lowest BCUT2D eigenvalue weighted by Gasteiger charge is -2.31. The average molecular weight is 417 g/mol. The van der Waals surface area contributed by atoms with Crippen LogP contribution >= 0.6 is 0 Å². The standard InChI is InChI=1S/C21H27N3O6/c1-3-29-21(28)24-10-8-15(9-11-24)22-19(26)7-5-17(25)14-4-6-18-16(12-14)23(2)20(27)13-30-18/h4,6,12,15H,3,5,7-11,13H2,1-2H3,(H,22,26). The third kappa shape index (κ3) is 5.08. The van der Waals surface area contributed by atoms with Crippen molar-refractivity contribution in [3.05, 3.63) is 23.8 Å². The molecule has 1 saturated heterocycles. The number of benzene rings is 1. The number of carbonyl (C=O) groups excluding carboxylic acids is 4. The number of fused-ring (bicyclic) bond motifs is 1. The molecule has 0 atom stereocenters. The Hall–Kier alpha value is -3.10. The monoisotopic (exact) mass is 417 g/mol. The minimum absolute atomic E-state index is 0.0150. The van der Waals surface area contributed by atoms with Gasteiger partial charge in [-0.2, -0.15) is 0 Å². The zero-order valence-corrected chi connectivity index (χ0v) is 17.3. The predicted octanol–water partition coefficient (Wildman–Crippen LogP) is 1.74. The van der Waals surface area contributed by atoms with Gasteiger partial charge in [-0.15, -0.1) is 0 Å². The van der Waals surface area contributed by atoms with Crippen LogP contribution in [-0.4, -0.2) is 68.0 Å². The van der Waals surface area contributed by atoms with E-state index in [1.54, 1.807) is 37.1 Å². The van der Waals surface area contributed by atoms with Crippen LogP contribution < -0.4 is 15.0 Å². The molecular formula is C21H27N3O6. The lowest BCUT2D eigenvalue weighted by atomic mass is 10.0. The van der Waals surface area contributed by atoms with Crippen LogP contribution in [-0.2, 0) is 14.3 Å². The molecule has 9 nitrogen and oxygen atoms in total. The maximum absolute atomic E-state index is 12.5. The zero-order chi connectivity index (χ0) is 21.7. The molecular weight excluding hydrogens is 390 g/mol. The van der Waals surface area contributed by atoms with Gasteiger partial charge in [-0.05, 0) is 38.0 Å². The van der Waals surface area contributed by atoms with Crippen molar-refractivity contribution in [3.8, 4) is 5.75 Å². The maximum Gasteiger partial charge on any atom is 0.409 e. The highest BCUT2D eigenvalue weighted by Gasteiger charge is 2.25. The number of likely N-dealkylation sites (N-methyl/N-ethyl adjacent to an activating group) is 1. The number of carbonyl (C=O) groups is 4. The van der Waals surface area contributed by atoms with Gasteiger partial charge in [-0.3, -0.25) is 14.4 Å². The Labute approximate surface area is 175 Å². The molecule has 1 fully saturated rings. The topological polar surface area (TPSA) is 105 Å². The summed E-state index contributed by atoms with van der Waals surface area (Å²) in [6, 6.07) is 4.92. The highest BCUT2D eigenvalue weighted by Crippen LogP contribution is 2.32. The molecule has 162 valence electrons. The van der Waals surface area contributed by atoms with E-state index in [2.05, 4.69) is 5.32 Å². The van der Waals surface area contributed by atoms with Gasteiger partial charge in [0.05, 0.1) is 12.3 Å². The van der Waals surface area contributed by atoms with E-state index in [1.807, 2.05) is 0 Å². The van der Waals surface area contributed by atoms with Gasteiger partial charge < -0.3 is 24.6 Å². The maximum atomic E-state index is 12.5. The molecule has 0 aromatic heterocycles. The zero-order valence-electron chi connectivity index (χ0n) is 17.3. The van der Waals surface area contributed by atoms with E-state index < -0.39 is 0 Å². The minimum Gasteiger partial charge on any atom is -0.482 e. The number of nitrogens with one attached hydrogen (secondary N) is 1. The van der Waals surface area contributed by atoms with E-state index in [9.17, 15) is 19.2 Å². The van der Waals surface area contributed by atoms with Crippen LogP contribution in [0.3, 0.4) is 0 Å². The number of nitrogens with zero attached hydrogens (tertiary/aromatic N) is 2. The van der Waals surface area contributed by atoms with E-state index in [4.69, 9.17) is 9.47 Å². The molecule has 0 radical (unpaired) electrons. The van der Waals surface area contributed by atoms with Crippen LogP contribution in [0.4, 0.5) is 10.5 Å². The Bertz CT molecular complexity index is 832. The molecule has 0 aliphatic carbocycles. The van der Waals surface area contributed by atoms with Crippen molar-refractivity contribution < 1.29 is 28.7 Å². The average Bonchev–Trinajstić information content (AvgIpc) is 2.75. The lowest BCUT2D eigenvalue weighted by Crippen LogP contribution is -2.46.